The molecule has 0 spiro atoms. The number of nitrogens with one attached hydrogen (secondary N) is 1. The summed E-state index contributed by atoms with van der Waals surface area (Å²) in [6.45, 7) is 4.14. The van der Waals surface area contributed by atoms with Gasteiger partial charge in [-0.25, -0.2) is 0 Å². The van der Waals surface area contributed by atoms with Crippen molar-refractivity contribution < 1.29 is 9.53 Å². The smallest absolute Gasteiger partial charge is 0.259 e. The quantitative estimate of drug-likeness (QED) is 0.865. The minimum atomic E-state index is -0.0421. The van der Waals surface area contributed by atoms with Gasteiger partial charge in [0.05, 0.1) is 0 Å². The molecule has 0 saturated carbocycles. The van der Waals surface area contributed by atoms with E-state index in [4.69, 9.17) is 4.74 Å². The third-order valence-corrected chi connectivity index (χ3v) is 2.92. The van der Waals surface area contributed by atoms with Gasteiger partial charge in [0.25, 0.3) is 5.91 Å². The molecular weight excluding hydrogens is 228 g/mol. The lowest BCUT2D eigenvalue weighted by Gasteiger charge is -2.18. The van der Waals surface area contributed by atoms with Crippen LogP contribution in [0.1, 0.15) is 24.1 Å². The number of likely N-dealkylation sites (N-methyl/N-ethyl adjacent to an activating group) is 1. The second kappa shape index (κ2) is 6.40. The minimum Gasteiger partial charge on any atom is -0.483 e. The first-order valence-corrected chi connectivity index (χ1v) is 6.06. The lowest BCUT2D eigenvalue weighted by Crippen LogP contribution is -2.28. The largest absolute Gasteiger partial charge is 0.483 e. The molecule has 0 aliphatic rings. The van der Waals surface area contributed by atoms with Gasteiger partial charge in [-0.15, -0.1) is 0 Å². The third kappa shape index (κ3) is 3.74. The Kier molecular flexibility index (Phi) is 5.16. The zero-order valence-electron chi connectivity index (χ0n) is 11.8. The second-order valence-corrected chi connectivity index (χ2v) is 4.63. The van der Waals surface area contributed by atoms with Crippen LogP contribution in [0.2, 0.25) is 0 Å². The van der Waals surface area contributed by atoms with Crippen molar-refractivity contribution in [2.75, 3.05) is 27.7 Å². The van der Waals surface area contributed by atoms with Crippen LogP contribution in [0.5, 0.6) is 5.75 Å². The summed E-state index contributed by atoms with van der Waals surface area (Å²) in [4.78, 5) is 13.1. The fourth-order valence-corrected chi connectivity index (χ4v) is 1.55. The topological polar surface area (TPSA) is 41.6 Å². The Bertz CT molecular complexity index is 416. The molecule has 0 aliphatic heterocycles. The van der Waals surface area contributed by atoms with E-state index < -0.39 is 0 Å². The highest BCUT2D eigenvalue weighted by Gasteiger charge is 2.12. The molecule has 0 radical (unpaired) electrons. The maximum absolute atomic E-state index is 11.5. The predicted octanol–water partition coefficient (Wildman–Crippen LogP) is 1.74. The first-order valence-electron chi connectivity index (χ1n) is 6.06. The van der Waals surface area contributed by atoms with Crippen molar-refractivity contribution in [2.45, 2.75) is 19.9 Å². The summed E-state index contributed by atoms with van der Waals surface area (Å²) in [6, 6.07) is 6.23. The maximum atomic E-state index is 11.5. The molecule has 0 aliphatic carbocycles. The SMILES string of the molecule is CNC(C)c1ccc(C)cc1OCC(=O)N(C)C. The molecule has 100 valence electrons. The Morgan fingerprint density at radius 2 is 2.11 bits per heavy atom. The van der Waals surface area contributed by atoms with Gasteiger partial charge in [-0.3, -0.25) is 4.79 Å². The summed E-state index contributed by atoms with van der Waals surface area (Å²) < 4.78 is 5.63. The van der Waals surface area contributed by atoms with Gasteiger partial charge in [-0.1, -0.05) is 12.1 Å². The molecular formula is C14H22N2O2. The average molecular weight is 250 g/mol. The molecule has 1 atom stereocenters. The molecule has 4 heteroatoms. The highest BCUT2D eigenvalue weighted by atomic mass is 16.5. The van der Waals surface area contributed by atoms with Gasteiger partial charge >= 0.3 is 0 Å². The fourth-order valence-electron chi connectivity index (χ4n) is 1.55. The second-order valence-electron chi connectivity index (χ2n) is 4.63. The molecule has 1 rings (SSSR count). The molecule has 4 nitrogen and oxygen atoms in total. The number of amides is 1. The number of nitrogens with zero attached hydrogens (tertiary/aromatic N) is 1. The molecule has 0 heterocycles. The van der Waals surface area contributed by atoms with E-state index in [9.17, 15) is 4.79 Å². The molecule has 18 heavy (non-hydrogen) atoms. The van der Waals surface area contributed by atoms with Crippen molar-refractivity contribution in [3.05, 3.63) is 29.3 Å². The van der Waals surface area contributed by atoms with Crippen LogP contribution < -0.4 is 10.1 Å². The van der Waals surface area contributed by atoms with E-state index in [2.05, 4.69) is 12.2 Å². The monoisotopic (exact) mass is 250 g/mol. The Labute approximate surface area is 109 Å². The summed E-state index contributed by atoms with van der Waals surface area (Å²) in [5.74, 6) is 0.728. The van der Waals surface area contributed by atoms with E-state index in [-0.39, 0.29) is 18.6 Å². The Balaban J connectivity index is 2.85. The van der Waals surface area contributed by atoms with Crippen LogP contribution >= 0.6 is 0 Å². The van der Waals surface area contributed by atoms with Crippen LogP contribution in [0.4, 0.5) is 0 Å². The van der Waals surface area contributed by atoms with E-state index in [0.717, 1.165) is 16.9 Å². The molecule has 1 N–H and O–H groups in total. The third-order valence-electron chi connectivity index (χ3n) is 2.92. The van der Waals surface area contributed by atoms with Crippen molar-refractivity contribution in [2.24, 2.45) is 0 Å². The van der Waals surface area contributed by atoms with Gasteiger partial charge in [0, 0.05) is 25.7 Å². The molecule has 0 bridgehead atoms. The number of carbonyl (C=O) groups is 1. The summed E-state index contributed by atoms with van der Waals surface area (Å²) >= 11 is 0. The lowest BCUT2D eigenvalue weighted by atomic mass is 10.1. The van der Waals surface area contributed by atoms with Crippen molar-refractivity contribution in [1.82, 2.24) is 10.2 Å². The predicted molar refractivity (Wildman–Crippen MR) is 72.8 cm³/mol. The number of benzene rings is 1. The van der Waals surface area contributed by atoms with Crippen LogP contribution in [-0.2, 0) is 4.79 Å². The fraction of sp³-hybridized carbons (Fsp3) is 0.500. The average Bonchev–Trinajstić information content (AvgIpc) is 2.34. The standard InChI is InChI=1S/C14H22N2O2/c1-10-6-7-12(11(2)15-3)13(8-10)18-9-14(17)16(4)5/h6-8,11,15H,9H2,1-5H3. The molecule has 0 aromatic heterocycles. The Morgan fingerprint density at radius 3 is 2.67 bits per heavy atom. The maximum Gasteiger partial charge on any atom is 0.259 e. The minimum absolute atomic E-state index is 0.0421. The highest BCUT2D eigenvalue weighted by molar-refractivity contribution is 5.77. The van der Waals surface area contributed by atoms with E-state index in [0.29, 0.717) is 0 Å². The lowest BCUT2D eigenvalue weighted by molar-refractivity contribution is -0.130. The van der Waals surface area contributed by atoms with Crippen molar-refractivity contribution in [3.8, 4) is 5.75 Å². The van der Waals surface area contributed by atoms with Gasteiger partial charge in [-0.05, 0) is 32.5 Å². The zero-order valence-corrected chi connectivity index (χ0v) is 11.8. The van der Waals surface area contributed by atoms with E-state index in [1.807, 2.05) is 32.2 Å². The van der Waals surface area contributed by atoms with Crippen LogP contribution in [0.15, 0.2) is 18.2 Å². The first-order chi connectivity index (χ1) is 8.45. The molecule has 0 fully saturated rings. The number of hydrogen-bond acceptors (Lipinski definition) is 3. The normalized spacial score (nSPS) is 12.1. The Morgan fingerprint density at radius 1 is 1.44 bits per heavy atom. The van der Waals surface area contributed by atoms with Crippen molar-refractivity contribution >= 4 is 5.91 Å². The summed E-state index contributed by atoms with van der Waals surface area (Å²) in [7, 11) is 5.34. The number of aryl methyl sites for hydroxylation is 1. The summed E-state index contributed by atoms with van der Waals surface area (Å²) in [5, 5.41) is 3.18. The molecule has 0 saturated heterocycles. The number of ether oxygens (including phenoxy) is 1. The molecule has 1 aromatic rings. The van der Waals surface area contributed by atoms with E-state index in [1.54, 1.807) is 14.1 Å². The van der Waals surface area contributed by atoms with Gasteiger partial charge in [0.15, 0.2) is 6.61 Å². The van der Waals surface area contributed by atoms with Gasteiger partial charge in [0.2, 0.25) is 0 Å². The molecule has 1 unspecified atom stereocenters. The van der Waals surface area contributed by atoms with Crippen molar-refractivity contribution in [3.63, 3.8) is 0 Å². The zero-order chi connectivity index (χ0) is 13.7. The number of hydrogen-bond donors (Lipinski definition) is 1. The number of rotatable bonds is 5. The van der Waals surface area contributed by atoms with Crippen LogP contribution in [-0.4, -0.2) is 38.6 Å². The van der Waals surface area contributed by atoms with E-state index >= 15 is 0 Å². The van der Waals surface area contributed by atoms with Crippen molar-refractivity contribution in [1.29, 1.82) is 0 Å². The van der Waals surface area contributed by atoms with Crippen LogP contribution in [0.3, 0.4) is 0 Å². The van der Waals surface area contributed by atoms with Gasteiger partial charge in [0.1, 0.15) is 5.75 Å². The molecule has 1 amide bonds. The summed E-state index contributed by atoms with van der Waals surface area (Å²) in [6.07, 6.45) is 0. The van der Waals surface area contributed by atoms with E-state index in [1.165, 1.54) is 4.90 Å². The van der Waals surface area contributed by atoms with Crippen LogP contribution in [0.25, 0.3) is 0 Å². The first kappa shape index (κ1) is 14.5. The van der Waals surface area contributed by atoms with Crippen LogP contribution in [0, 0.1) is 6.92 Å². The molecule has 1 aromatic carbocycles. The summed E-state index contributed by atoms with van der Waals surface area (Å²) in [5.41, 5.74) is 2.18. The van der Waals surface area contributed by atoms with Gasteiger partial charge in [-0.2, -0.15) is 0 Å². The highest BCUT2D eigenvalue weighted by Crippen LogP contribution is 2.26. The number of carbonyl (C=O) groups excluding carboxylic acids is 1. The van der Waals surface area contributed by atoms with Gasteiger partial charge < -0.3 is 15.0 Å². The Hall–Kier alpha value is -1.55.